The third-order valence-electron chi connectivity index (χ3n) is 4.46. The summed E-state index contributed by atoms with van der Waals surface area (Å²) in [7, 11) is 0. The van der Waals surface area contributed by atoms with Crippen LogP contribution in [0.15, 0.2) is 12.1 Å². The second-order valence-corrected chi connectivity index (χ2v) is 6.77. The van der Waals surface area contributed by atoms with Gasteiger partial charge in [-0.25, -0.2) is 4.98 Å². The predicted octanol–water partition coefficient (Wildman–Crippen LogP) is 3.76. The van der Waals surface area contributed by atoms with Crippen LogP contribution in [0, 0.1) is 18.8 Å². The van der Waals surface area contributed by atoms with Crippen LogP contribution in [0.25, 0.3) is 0 Å². The fourth-order valence-corrected chi connectivity index (χ4v) is 2.81. The summed E-state index contributed by atoms with van der Waals surface area (Å²) in [6.45, 7) is 13.0. The van der Waals surface area contributed by atoms with Crippen molar-refractivity contribution in [2.75, 3.05) is 24.5 Å². The van der Waals surface area contributed by atoms with Crippen molar-refractivity contribution in [2.45, 2.75) is 53.5 Å². The van der Waals surface area contributed by atoms with Crippen molar-refractivity contribution in [3.8, 4) is 0 Å². The van der Waals surface area contributed by atoms with Crippen LogP contribution in [0.5, 0.6) is 0 Å². The lowest BCUT2D eigenvalue weighted by atomic mass is 9.85. The van der Waals surface area contributed by atoms with Crippen LogP contribution in [0.1, 0.15) is 51.3 Å². The molecule has 1 aromatic rings. The molecule has 2 rings (SSSR count). The van der Waals surface area contributed by atoms with Gasteiger partial charge in [-0.05, 0) is 56.7 Å². The summed E-state index contributed by atoms with van der Waals surface area (Å²) in [6, 6.07) is 4.44. The Balaban J connectivity index is 1.95. The lowest BCUT2D eigenvalue weighted by Crippen LogP contribution is -2.33. The first-order chi connectivity index (χ1) is 10.1. The molecule has 118 valence electrons. The van der Waals surface area contributed by atoms with Crippen LogP contribution in [-0.4, -0.2) is 24.6 Å². The summed E-state index contributed by atoms with van der Waals surface area (Å²) in [5, 5.41) is 3.50. The number of anilines is 1. The Bertz CT molecular complexity index is 438. The molecule has 1 aliphatic carbocycles. The molecule has 21 heavy (non-hydrogen) atoms. The van der Waals surface area contributed by atoms with E-state index in [0.717, 1.165) is 37.1 Å². The van der Waals surface area contributed by atoms with Gasteiger partial charge in [-0.1, -0.05) is 26.3 Å². The Kier molecular flexibility index (Phi) is 6.04. The fourth-order valence-electron chi connectivity index (χ4n) is 2.81. The number of aryl methyl sites for hydroxylation is 1. The van der Waals surface area contributed by atoms with Gasteiger partial charge < -0.3 is 10.2 Å². The van der Waals surface area contributed by atoms with E-state index in [1.807, 2.05) is 0 Å². The second-order valence-electron chi connectivity index (χ2n) is 6.77. The Morgan fingerprint density at radius 3 is 2.62 bits per heavy atom. The first-order valence-electron chi connectivity index (χ1n) is 8.52. The predicted molar refractivity (Wildman–Crippen MR) is 90.7 cm³/mol. The minimum absolute atomic E-state index is 0.690. The summed E-state index contributed by atoms with van der Waals surface area (Å²) in [5.41, 5.74) is 2.48. The van der Waals surface area contributed by atoms with Gasteiger partial charge in [0.1, 0.15) is 5.82 Å². The molecule has 0 atom stereocenters. The number of rotatable bonds is 8. The summed E-state index contributed by atoms with van der Waals surface area (Å²) in [6.07, 6.45) is 4.20. The van der Waals surface area contributed by atoms with Crippen molar-refractivity contribution in [3.05, 3.63) is 23.4 Å². The maximum atomic E-state index is 4.84. The largest absolute Gasteiger partial charge is 0.357 e. The molecule has 0 saturated heterocycles. The number of nitrogens with one attached hydrogen (secondary N) is 1. The third-order valence-corrected chi connectivity index (χ3v) is 4.46. The Hall–Kier alpha value is -1.09. The quantitative estimate of drug-likeness (QED) is 0.790. The number of hydrogen-bond acceptors (Lipinski definition) is 3. The zero-order chi connectivity index (χ0) is 15.2. The SMILES string of the molecule is CCN(CC1CCC1)c1ccc(CNCC(C)C)c(C)n1. The van der Waals surface area contributed by atoms with E-state index >= 15 is 0 Å². The molecule has 1 aliphatic rings. The van der Waals surface area contributed by atoms with Gasteiger partial charge in [-0.15, -0.1) is 0 Å². The van der Waals surface area contributed by atoms with Crippen LogP contribution in [0.4, 0.5) is 5.82 Å². The molecule has 0 radical (unpaired) electrons. The van der Waals surface area contributed by atoms with E-state index in [-0.39, 0.29) is 0 Å². The highest BCUT2D eigenvalue weighted by molar-refractivity contribution is 5.41. The molecular weight excluding hydrogens is 258 g/mol. The van der Waals surface area contributed by atoms with Crippen molar-refractivity contribution < 1.29 is 0 Å². The van der Waals surface area contributed by atoms with Gasteiger partial charge in [-0.2, -0.15) is 0 Å². The number of pyridine rings is 1. The highest BCUT2D eigenvalue weighted by Crippen LogP contribution is 2.28. The first-order valence-corrected chi connectivity index (χ1v) is 8.52. The van der Waals surface area contributed by atoms with Gasteiger partial charge in [0.25, 0.3) is 0 Å². The van der Waals surface area contributed by atoms with E-state index in [1.165, 1.54) is 31.4 Å². The Morgan fingerprint density at radius 1 is 1.33 bits per heavy atom. The maximum absolute atomic E-state index is 4.84. The molecule has 0 aromatic carbocycles. The summed E-state index contributed by atoms with van der Waals surface area (Å²) in [5.74, 6) is 2.73. The molecule has 1 aromatic heterocycles. The normalized spacial score (nSPS) is 15.3. The van der Waals surface area contributed by atoms with Crippen molar-refractivity contribution in [1.82, 2.24) is 10.3 Å². The Morgan fingerprint density at radius 2 is 2.10 bits per heavy atom. The minimum atomic E-state index is 0.690. The van der Waals surface area contributed by atoms with E-state index in [4.69, 9.17) is 4.98 Å². The zero-order valence-corrected chi connectivity index (χ0v) is 14.2. The molecular formula is C18H31N3. The molecule has 0 unspecified atom stereocenters. The van der Waals surface area contributed by atoms with Crippen molar-refractivity contribution in [1.29, 1.82) is 0 Å². The molecule has 1 saturated carbocycles. The lowest BCUT2D eigenvalue weighted by Gasteiger charge is -2.32. The average molecular weight is 289 g/mol. The second kappa shape index (κ2) is 7.79. The molecule has 0 spiro atoms. The van der Waals surface area contributed by atoms with E-state index in [0.29, 0.717) is 5.92 Å². The van der Waals surface area contributed by atoms with E-state index in [1.54, 1.807) is 0 Å². The van der Waals surface area contributed by atoms with Crippen molar-refractivity contribution in [2.24, 2.45) is 11.8 Å². The monoisotopic (exact) mass is 289 g/mol. The minimum Gasteiger partial charge on any atom is -0.357 e. The van der Waals surface area contributed by atoms with Crippen molar-refractivity contribution >= 4 is 5.82 Å². The van der Waals surface area contributed by atoms with Crippen LogP contribution < -0.4 is 10.2 Å². The average Bonchev–Trinajstić information content (AvgIpc) is 2.39. The fraction of sp³-hybridized carbons (Fsp3) is 0.722. The zero-order valence-electron chi connectivity index (χ0n) is 14.2. The molecule has 1 fully saturated rings. The topological polar surface area (TPSA) is 28.2 Å². The van der Waals surface area contributed by atoms with E-state index in [2.05, 4.69) is 50.0 Å². The highest BCUT2D eigenvalue weighted by Gasteiger charge is 2.20. The van der Waals surface area contributed by atoms with Crippen LogP contribution in [0.2, 0.25) is 0 Å². The molecule has 1 N–H and O–H groups in total. The highest BCUT2D eigenvalue weighted by atomic mass is 15.2. The molecule has 0 amide bonds. The van der Waals surface area contributed by atoms with Gasteiger partial charge in [0, 0.05) is 25.3 Å². The van der Waals surface area contributed by atoms with Gasteiger partial charge in [0.2, 0.25) is 0 Å². The van der Waals surface area contributed by atoms with Crippen LogP contribution in [0.3, 0.4) is 0 Å². The lowest BCUT2D eigenvalue weighted by molar-refractivity contribution is 0.318. The molecule has 0 aliphatic heterocycles. The molecule has 0 bridgehead atoms. The summed E-state index contributed by atoms with van der Waals surface area (Å²) < 4.78 is 0. The van der Waals surface area contributed by atoms with Gasteiger partial charge in [0.05, 0.1) is 0 Å². The number of hydrogen-bond donors (Lipinski definition) is 1. The smallest absolute Gasteiger partial charge is 0.128 e. The standard InChI is InChI=1S/C18H31N3/c1-5-21(13-16-7-6-8-16)18-10-9-17(15(4)20-18)12-19-11-14(2)3/h9-10,14,16,19H,5-8,11-13H2,1-4H3. The van der Waals surface area contributed by atoms with Gasteiger partial charge >= 0.3 is 0 Å². The maximum Gasteiger partial charge on any atom is 0.128 e. The van der Waals surface area contributed by atoms with E-state index in [9.17, 15) is 0 Å². The summed E-state index contributed by atoms with van der Waals surface area (Å²) >= 11 is 0. The van der Waals surface area contributed by atoms with Gasteiger partial charge in [0.15, 0.2) is 0 Å². The van der Waals surface area contributed by atoms with Crippen molar-refractivity contribution in [3.63, 3.8) is 0 Å². The number of aromatic nitrogens is 1. The molecule has 3 nitrogen and oxygen atoms in total. The molecule has 3 heteroatoms. The third kappa shape index (κ3) is 4.70. The molecule has 1 heterocycles. The summed E-state index contributed by atoms with van der Waals surface area (Å²) in [4.78, 5) is 7.27. The van der Waals surface area contributed by atoms with E-state index < -0.39 is 0 Å². The first kappa shape index (κ1) is 16.3. The Labute approximate surface area is 130 Å². The van der Waals surface area contributed by atoms with Crippen LogP contribution >= 0.6 is 0 Å². The van der Waals surface area contributed by atoms with Crippen LogP contribution in [-0.2, 0) is 6.54 Å². The van der Waals surface area contributed by atoms with Gasteiger partial charge in [-0.3, -0.25) is 0 Å². The number of nitrogens with zero attached hydrogens (tertiary/aromatic N) is 2.